The van der Waals surface area contributed by atoms with Gasteiger partial charge in [-0.3, -0.25) is 4.79 Å². The molecule has 0 unspecified atom stereocenters. The number of azide groups is 1. The van der Waals surface area contributed by atoms with Crippen molar-refractivity contribution in [2.45, 2.75) is 12.8 Å². The predicted octanol–water partition coefficient (Wildman–Crippen LogP) is 2.98. The highest BCUT2D eigenvalue weighted by Crippen LogP contribution is 2.30. The molecule has 0 aromatic heterocycles. The molecular weight excluding hydrogens is 192 g/mol. The second kappa shape index (κ2) is 4.02. The van der Waals surface area contributed by atoms with Gasteiger partial charge in [-0.2, -0.15) is 0 Å². The zero-order chi connectivity index (χ0) is 10.7. The Labute approximate surface area is 86.7 Å². The van der Waals surface area contributed by atoms with Crippen LogP contribution < -0.4 is 5.32 Å². The summed E-state index contributed by atoms with van der Waals surface area (Å²) in [6.45, 7) is 0. The van der Waals surface area contributed by atoms with Crippen molar-refractivity contribution in [2.75, 3.05) is 5.32 Å². The molecule has 0 atom stereocenters. The van der Waals surface area contributed by atoms with Crippen molar-refractivity contribution >= 4 is 17.3 Å². The highest BCUT2D eigenvalue weighted by Gasteiger charge is 2.29. The van der Waals surface area contributed by atoms with Gasteiger partial charge >= 0.3 is 0 Å². The summed E-state index contributed by atoms with van der Waals surface area (Å²) in [4.78, 5) is 14.1. The number of hydrogen-bond acceptors (Lipinski definition) is 2. The van der Waals surface area contributed by atoms with Crippen molar-refractivity contribution in [3.05, 3.63) is 34.7 Å². The van der Waals surface area contributed by atoms with Gasteiger partial charge in [0.15, 0.2) is 0 Å². The molecule has 1 fully saturated rings. The Hall–Kier alpha value is -2.00. The second-order valence-electron chi connectivity index (χ2n) is 3.50. The quantitative estimate of drug-likeness (QED) is 0.456. The SMILES string of the molecule is [N-]=[N+]=Nc1ccc(NC(=O)C2CC2)cc1. The van der Waals surface area contributed by atoms with Crippen molar-refractivity contribution in [1.82, 2.24) is 0 Å². The molecule has 0 aliphatic heterocycles. The molecule has 1 aromatic carbocycles. The van der Waals surface area contributed by atoms with E-state index in [1.165, 1.54) is 0 Å². The molecule has 0 heterocycles. The maximum absolute atomic E-state index is 11.4. The standard InChI is InChI=1S/C10H10N4O/c11-14-13-9-5-3-8(4-6-9)12-10(15)7-1-2-7/h3-7H,1-2H2,(H,12,15). The van der Waals surface area contributed by atoms with Crippen LogP contribution in [0.2, 0.25) is 0 Å². The lowest BCUT2D eigenvalue weighted by Crippen LogP contribution is -2.12. The van der Waals surface area contributed by atoms with Crippen LogP contribution in [0.3, 0.4) is 0 Å². The first-order valence-corrected chi connectivity index (χ1v) is 4.75. The molecule has 1 N–H and O–H groups in total. The molecule has 1 saturated carbocycles. The summed E-state index contributed by atoms with van der Waals surface area (Å²) in [7, 11) is 0. The van der Waals surface area contributed by atoms with Gasteiger partial charge < -0.3 is 5.32 Å². The monoisotopic (exact) mass is 202 g/mol. The van der Waals surface area contributed by atoms with Crippen LogP contribution in [0.25, 0.3) is 10.4 Å². The van der Waals surface area contributed by atoms with Gasteiger partial charge in [-0.15, -0.1) is 0 Å². The van der Waals surface area contributed by atoms with Gasteiger partial charge in [-0.1, -0.05) is 17.2 Å². The van der Waals surface area contributed by atoms with E-state index in [1.807, 2.05) is 0 Å². The zero-order valence-electron chi connectivity index (χ0n) is 8.05. The molecule has 76 valence electrons. The Kier molecular flexibility index (Phi) is 2.56. The van der Waals surface area contributed by atoms with Crippen LogP contribution in [0.1, 0.15) is 12.8 Å². The van der Waals surface area contributed by atoms with Crippen LogP contribution in [0, 0.1) is 5.92 Å². The van der Waals surface area contributed by atoms with Gasteiger partial charge in [0, 0.05) is 22.2 Å². The van der Waals surface area contributed by atoms with Gasteiger partial charge in [0.2, 0.25) is 5.91 Å². The molecular formula is C10H10N4O. The van der Waals surface area contributed by atoms with E-state index in [0.717, 1.165) is 18.5 Å². The maximum Gasteiger partial charge on any atom is 0.227 e. The van der Waals surface area contributed by atoms with Crippen molar-refractivity contribution in [3.63, 3.8) is 0 Å². The van der Waals surface area contributed by atoms with Crippen molar-refractivity contribution in [1.29, 1.82) is 0 Å². The number of rotatable bonds is 3. The number of carbonyl (C=O) groups excluding carboxylic acids is 1. The molecule has 15 heavy (non-hydrogen) atoms. The first-order valence-electron chi connectivity index (χ1n) is 4.75. The number of nitrogens with zero attached hydrogens (tertiary/aromatic N) is 3. The fraction of sp³-hybridized carbons (Fsp3) is 0.300. The molecule has 5 heteroatoms. The maximum atomic E-state index is 11.4. The van der Waals surface area contributed by atoms with Crippen LogP contribution in [0.4, 0.5) is 11.4 Å². The second-order valence-corrected chi connectivity index (χ2v) is 3.50. The Balaban J connectivity index is 2.02. The molecule has 0 spiro atoms. The van der Waals surface area contributed by atoms with Gasteiger partial charge in [0.1, 0.15) is 0 Å². The largest absolute Gasteiger partial charge is 0.326 e. The third kappa shape index (κ3) is 2.48. The predicted molar refractivity (Wildman–Crippen MR) is 56.6 cm³/mol. The van der Waals surface area contributed by atoms with E-state index in [4.69, 9.17) is 5.53 Å². The van der Waals surface area contributed by atoms with E-state index in [0.29, 0.717) is 5.69 Å². The van der Waals surface area contributed by atoms with Gasteiger partial charge in [0.05, 0.1) is 0 Å². The first kappa shape index (κ1) is 9.55. The lowest BCUT2D eigenvalue weighted by molar-refractivity contribution is -0.117. The molecule has 0 radical (unpaired) electrons. The topological polar surface area (TPSA) is 77.9 Å². The Bertz CT molecular complexity index is 416. The van der Waals surface area contributed by atoms with Crippen LogP contribution >= 0.6 is 0 Å². The number of hydrogen-bond donors (Lipinski definition) is 1. The van der Waals surface area contributed by atoms with Gasteiger partial charge in [-0.05, 0) is 30.5 Å². The average molecular weight is 202 g/mol. The lowest BCUT2D eigenvalue weighted by atomic mass is 10.2. The van der Waals surface area contributed by atoms with Gasteiger partial charge in [-0.25, -0.2) is 0 Å². The molecule has 0 saturated heterocycles. The number of nitrogens with one attached hydrogen (secondary N) is 1. The van der Waals surface area contributed by atoms with E-state index in [2.05, 4.69) is 15.3 Å². The normalized spacial score (nSPS) is 14.1. The summed E-state index contributed by atoms with van der Waals surface area (Å²) in [5.41, 5.74) is 9.49. The third-order valence-corrected chi connectivity index (χ3v) is 2.24. The minimum absolute atomic E-state index is 0.0755. The number of amides is 1. The van der Waals surface area contributed by atoms with Crippen molar-refractivity contribution in [3.8, 4) is 0 Å². The first-order chi connectivity index (χ1) is 7.29. The minimum Gasteiger partial charge on any atom is -0.326 e. The molecule has 2 rings (SSSR count). The average Bonchev–Trinajstić information content (AvgIpc) is 3.04. The molecule has 5 nitrogen and oxygen atoms in total. The van der Waals surface area contributed by atoms with Crippen LogP contribution in [-0.4, -0.2) is 5.91 Å². The van der Waals surface area contributed by atoms with Crippen LogP contribution in [0.5, 0.6) is 0 Å². The number of carbonyl (C=O) groups is 1. The Morgan fingerprint density at radius 1 is 1.40 bits per heavy atom. The fourth-order valence-electron chi connectivity index (χ4n) is 1.25. The lowest BCUT2D eigenvalue weighted by Gasteiger charge is -2.03. The third-order valence-electron chi connectivity index (χ3n) is 2.24. The van der Waals surface area contributed by atoms with Crippen LogP contribution in [-0.2, 0) is 4.79 Å². The van der Waals surface area contributed by atoms with E-state index >= 15 is 0 Å². The summed E-state index contributed by atoms with van der Waals surface area (Å²) in [5, 5.41) is 6.24. The van der Waals surface area contributed by atoms with E-state index in [1.54, 1.807) is 24.3 Å². The summed E-state index contributed by atoms with van der Waals surface area (Å²) in [6.07, 6.45) is 1.98. The summed E-state index contributed by atoms with van der Waals surface area (Å²) >= 11 is 0. The molecule has 1 aromatic rings. The Morgan fingerprint density at radius 3 is 2.60 bits per heavy atom. The molecule has 1 aliphatic carbocycles. The highest BCUT2D eigenvalue weighted by atomic mass is 16.2. The van der Waals surface area contributed by atoms with Crippen molar-refractivity contribution in [2.24, 2.45) is 11.0 Å². The van der Waals surface area contributed by atoms with E-state index < -0.39 is 0 Å². The van der Waals surface area contributed by atoms with Crippen molar-refractivity contribution < 1.29 is 4.79 Å². The summed E-state index contributed by atoms with van der Waals surface area (Å²) < 4.78 is 0. The minimum atomic E-state index is 0.0755. The molecule has 1 amide bonds. The summed E-state index contributed by atoms with van der Waals surface area (Å²) in [6, 6.07) is 6.79. The Morgan fingerprint density at radius 2 is 2.07 bits per heavy atom. The summed E-state index contributed by atoms with van der Waals surface area (Å²) in [5.74, 6) is 0.272. The highest BCUT2D eigenvalue weighted by molar-refractivity contribution is 5.94. The smallest absolute Gasteiger partial charge is 0.227 e. The zero-order valence-corrected chi connectivity index (χ0v) is 8.05. The molecule has 0 bridgehead atoms. The number of anilines is 1. The van der Waals surface area contributed by atoms with Gasteiger partial charge in [0.25, 0.3) is 0 Å². The fourth-order valence-corrected chi connectivity index (χ4v) is 1.25. The van der Waals surface area contributed by atoms with Crippen LogP contribution in [0.15, 0.2) is 29.4 Å². The van der Waals surface area contributed by atoms with E-state index in [-0.39, 0.29) is 11.8 Å². The van der Waals surface area contributed by atoms with E-state index in [9.17, 15) is 4.79 Å². The molecule has 1 aliphatic rings. The number of benzene rings is 1.